The summed E-state index contributed by atoms with van der Waals surface area (Å²) in [5, 5.41) is 0. The molecule has 4 heteroatoms. The van der Waals surface area contributed by atoms with Crippen molar-refractivity contribution < 1.29 is 9.53 Å². The minimum absolute atomic E-state index is 0.375. The van der Waals surface area contributed by atoms with E-state index in [1.165, 1.54) is 7.11 Å². The Bertz CT molecular complexity index is 88.5. The highest BCUT2D eigenvalue weighted by atomic mass is 16.5. The molecular formula is C7H16BNO2. The van der Waals surface area contributed by atoms with Gasteiger partial charge in [0.2, 0.25) is 0 Å². The summed E-state index contributed by atoms with van der Waals surface area (Å²) in [6, 6.07) is 0.514. The van der Waals surface area contributed by atoms with E-state index in [1.54, 1.807) is 4.81 Å². The molecule has 11 heavy (non-hydrogen) atoms. The molecule has 0 saturated carbocycles. The van der Waals surface area contributed by atoms with Crippen LogP contribution >= 0.6 is 0 Å². The van der Waals surface area contributed by atoms with Crippen LogP contribution in [0.4, 0.5) is 0 Å². The second-order valence-electron chi connectivity index (χ2n) is 2.25. The predicted octanol–water partition coefficient (Wildman–Crippen LogP) is 0.589. The quantitative estimate of drug-likeness (QED) is 0.443. The van der Waals surface area contributed by atoms with Crippen LogP contribution in [0.15, 0.2) is 0 Å². The van der Waals surface area contributed by atoms with Gasteiger partial charge < -0.3 is 9.55 Å². The molecule has 0 spiro atoms. The van der Waals surface area contributed by atoms with E-state index in [4.69, 9.17) is 12.8 Å². The maximum atomic E-state index is 8.95. The maximum Gasteiger partial charge on any atom is 0.292 e. The molecule has 0 aliphatic rings. The lowest BCUT2D eigenvalue weighted by atomic mass is 10.2. The van der Waals surface area contributed by atoms with E-state index in [1.807, 2.05) is 7.05 Å². The third-order valence-corrected chi connectivity index (χ3v) is 1.38. The lowest BCUT2D eigenvalue weighted by Gasteiger charge is -2.17. The summed E-state index contributed by atoms with van der Waals surface area (Å²) in [6.45, 7) is 4.59. The molecule has 0 heterocycles. The summed E-state index contributed by atoms with van der Waals surface area (Å²) in [7, 11) is 8.58. The van der Waals surface area contributed by atoms with Gasteiger partial charge in [0.05, 0.1) is 7.11 Å². The Morgan fingerprint density at radius 1 is 1.73 bits per heavy atom. The van der Waals surface area contributed by atoms with Gasteiger partial charge in [0, 0.05) is 0 Å². The van der Waals surface area contributed by atoms with Crippen molar-refractivity contribution in [2.24, 2.45) is 0 Å². The largest absolute Gasteiger partial charge is 0.471 e. The molecule has 1 atom stereocenters. The molecule has 3 nitrogen and oxygen atoms in total. The molecule has 0 amide bonds. The van der Waals surface area contributed by atoms with Gasteiger partial charge in [0.25, 0.3) is 6.47 Å². The number of hydrogen-bond acceptors (Lipinski definition) is 3. The molecule has 0 bridgehead atoms. The molecule has 64 valence electrons. The number of carbonyl (C=O) groups is 1. The topological polar surface area (TPSA) is 29.5 Å². The number of methoxy groups -OCH3 is 1. The molecule has 0 saturated heterocycles. The van der Waals surface area contributed by atoms with E-state index in [0.717, 1.165) is 6.42 Å². The Morgan fingerprint density at radius 3 is 2.09 bits per heavy atom. The highest BCUT2D eigenvalue weighted by Gasteiger charge is 1.96. The van der Waals surface area contributed by atoms with Crippen LogP contribution in [-0.2, 0) is 9.53 Å². The van der Waals surface area contributed by atoms with Crippen LogP contribution < -0.4 is 0 Å². The fourth-order valence-corrected chi connectivity index (χ4v) is 0.288. The zero-order valence-corrected chi connectivity index (χ0v) is 7.70. The third-order valence-electron chi connectivity index (χ3n) is 1.38. The number of nitrogens with zero attached hydrogens (tertiary/aromatic N) is 1. The van der Waals surface area contributed by atoms with Crippen molar-refractivity contribution in [1.29, 1.82) is 0 Å². The van der Waals surface area contributed by atoms with Gasteiger partial charge in [-0.1, -0.05) is 13.8 Å². The number of rotatable bonds is 3. The van der Waals surface area contributed by atoms with E-state index < -0.39 is 0 Å². The molecule has 0 aliphatic heterocycles. The molecule has 0 rings (SSSR count). The summed E-state index contributed by atoms with van der Waals surface area (Å²) in [5.41, 5.74) is 0. The summed E-state index contributed by atoms with van der Waals surface area (Å²) < 4.78 is 3.86. The monoisotopic (exact) mass is 157 g/mol. The van der Waals surface area contributed by atoms with Crippen LogP contribution in [0, 0.1) is 0 Å². The van der Waals surface area contributed by atoms with E-state index in [-0.39, 0.29) is 0 Å². The third kappa shape index (κ3) is 12.6. The van der Waals surface area contributed by atoms with Crippen molar-refractivity contribution in [3.8, 4) is 0 Å². The molecule has 0 aromatic rings. The SMILES string of the molecule is COC=O.[B]N(C)C(C)CC. The summed E-state index contributed by atoms with van der Waals surface area (Å²) in [4.78, 5) is 10.7. The molecule has 0 fully saturated rings. The average Bonchev–Trinajstić information content (AvgIpc) is 2.03. The number of hydrogen-bond donors (Lipinski definition) is 0. The molecule has 0 aromatic carbocycles. The van der Waals surface area contributed by atoms with Gasteiger partial charge in [-0.25, -0.2) is 0 Å². The molecule has 0 N–H and O–H groups in total. The van der Waals surface area contributed by atoms with Gasteiger partial charge in [-0.05, 0) is 19.5 Å². The first-order valence-corrected chi connectivity index (χ1v) is 3.54. The first kappa shape index (κ1) is 13.1. The molecule has 0 aliphatic carbocycles. The molecule has 1 unspecified atom stereocenters. The minimum Gasteiger partial charge on any atom is -0.471 e. The Labute approximate surface area is 70.1 Å². The van der Waals surface area contributed by atoms with E-state index in [0.29, 0.717) is 12.5 Å². The number of carbonyl (C=O) groups excluding carboxylic acids is 1. The second kappa shape index (κ2) is 9.49. The van der Waals surface area contributed by atoms with Crippen molar-refractivity contribution >= 4 is 14.5 Å². The standard InChI is InChI=1S/C5H12BN.C2H4O2/c1-4-5(2)7(3)6;1-4-2-3/h5H,4H2,1-3H3;2H,1H3. The van der Waals surface area contributed by atoms with Gasteiger partial charge in [-0.3, -0.25) is 4.79 Å². The van der Waals surface area contributed by atoms with Gasteiger partial charge in [0.15, 0.2) is 7.98 Å². The normalized spacial score (nSPS) is 11.4. The molecule has 2 radical (unpaired) electrons. The summed E-state index contributed by atoms with van der Waals surface area (Å²) in [6.07, 6.45) is 1.12. The van der Waals surface area contributed by atoms with Crippen molar-refractivity contribution in [2.75, 3.05) is 14.2 Å². The zero-order chi connectivity index (χ0) is 9.28. The van der Waals surface area contributed by atoms with Gasteiger partial charge >= 0.3 is 0 Å². The second-order valence-corrected chi connectivity index (χ2v) is 2.25. The molecule has 0 aromatic heterocycles. The van der Waals surface area contributed by atoms with E-state index >= 15 is 0 Å². The number of ether oxygens (including phenoxy) is 1. The smallest absolute Gasteiger partial charge is 0.292 e. The van der Waals surface area contributed by atoms with Crippen LogP contribution in [-0.4, -0.2) is 39.5 Å². The van der Waals surface area contributed by atoms with Crippen molar-refractivity contribution in [3.05, 3.63) is 0 Å². The Kier molecular flexibility index (Phi) is 11.3. The van der Waals surface area contributed by atoms with Gasteiger partial charge in [-0.2, -0.15) is 0 Å². The Hall–Kier alpha value is -0.505. The van der Waals surface area contributed by atoms with Crippen molar-refractivity contribution in [1.82, 2.24) is 4.81 Å². The van der Waals surface area contributed by atoms with E-state index in [9.17, 15) is 0 Å². The van der Waals surface area contributed by atoms with Crippen molar-refractivity contribution in [2.45, 2.75) is 26.3 Å². The Morgan fingerprint density at radius 2 is 2.09 bits per heavy atom. The highest BCUT2D eigenvalue weighted by molar-refractivity contribution is 6.04. The first-order valence-electron chi connectivity index (χ1n) is 3.54. The van der Waals surface area contributed by atoms with Crippen LogP contribution in [0.2, 0.25) is 0 Å². The zero-order valence-electron chi connectivity index (χ0n) is 7.70. The van der Waals surface area contributed by atoms with Crippen LogP contribution in [0.1, 0.15) is 20.3 Å². The van der Waals surface area contributed by atoms with Crippen LogP contribution in [0.3, 0.4) is 0 Å². The fourth-order valence-electron chi connectivity index (χ4n) is 0.288. The van der Waals surface area contributed by atoms with Crippen molar-refractivity contribution in [3.63, 3.8) is 0 Å². The Balaban J connectivity index is 0. The van der Waals surface area contributed by atoms with E-state index in [2.05, 4.69) is 18.6 Å². The van der Waals surface area contributed by atoms with Crippen LogP contribution in [0.25, 0.3) is 0 Å². The van der Waals surface area contributed by atoms with Gasteiger partial charge in [0.1, 0.15) is 0 Å². The summed E-state index contributed by atoms with van der Waals surface area (Å²) >= 11 is 0. The summed E-state index contributed by atoms with van der Waals surface area (Å²) in [5.74, 6) is 0. The minimum atomic E-state index is 0.375. The lowest BCUT2D eigenvalue weighted by molar-refractivity contribution is -0.126. The molecular weight excluding hydrogens is 141 g/mol. The first-order chi connectivity index (χ1) is 5.09. The predicted molar refractivity (Wildman–Crippen MR) is 46.3 cm³/mol. The fraction of sp³-hybridized carbons (Fsp3) is 0.857. The van der Waals surface area contributed by atoms with Crippen LogP contribution in [0.5, 0.6) is 0 Å². The highest BCUT2D eigenvalue weighted by Crippen LogP contribution is 1.93. The van der Waals surface area contributed by atoms with Gasteiger partial charge in [-0.15, -0.1) is 0 Å². The maximum absolute atomic E-state index is 8.95. The average molecular weight is 157 g/mol. The lowest BCUT2D eigenvalue weighted by Crippen LogP contribution is -2.24.